The summed E-state index contributed by atoms with van der Waals surface area (Å²) < 4.78 is 7.39. The number of piperazine rings is 1. The number of nitrogens with one attached hydrogen (secondary N) is 1. The molecule has 7 nitrogen and oxygen atoms in total. The first-order valence-electron chi connectivity index (χ1n) is 7.57. The molecule has 0 radical (unpaired) electrons. The van der Waals surface area contributed by atoms with Gasteiger partial charge in [-0.2, -0.15) is 9.61 Å². The maximum Gasteiger partial charge on any atom is 0.234 e. The minimum Gasteiger partial charge on any atom is -0.381 e. The van der Waals surface area contributed by atoms with Crippen LogP contribution in [0.2, 0.25) is 0 Å². The van der Waals surface area contributed by atoms with Gasteiger partial charge in [-0.15, -0.1) is 10.2 Å². The summed E-state index contributed by atoms with van der Waals surface area (Å²) in [4.78, 5) is 3.37. The van der Waals surface area contributed by atoms with Gasteiger partial charge in [-0.25, -0.2) is 0 Å². The van der Waals surface area contributed by atoms with Gasteiger partial charge in [0.2, 0.25) is 4.96 Å². The Hall–Kier alpha value is -1.09. The van der Waals surface area contributed by atoms with Crippen LogP contribution >= 0.6 is 11.3 Å². The van der Waals surface area contributed by atoms with Crippen LogP contribution in [0.4, 0.5) is 0 Å². The molecule has 2 saturated heterocycles. The van der Waals surface area contributed by atoms with Crippen LogP contribution in [-0.4, -0.2) is 64.1 Å². The molecule has 1 N–H and O–H groups in total. The molecule has 0 aromatic carbocycles. The molecule has 21 heavy (non-hydrogen) atoms. The highest BCUT2D eigenvalue weighted by Gasteiger charge is 2.27. The molecule has 0 amide bonds. The molecule has 8 heteroatoms. The van der Waals surface area contributed by atoms with Crippen molar-refractivity contribution >= 4 is 16.3 Å². The molecule has 2 aromatic rings. The topological polar surface area (TPSA) is 67.6 Å². The Morgan fingerprint density at radius 1 is 1.33 bits per heavy atom. The van der Waals surface area contributed by atoms with Crippen molar-refractivity contribution in [3.05, 3.63) is 10.8 Å². The fraction of sp³-hybridized carbons (Fsp3) is 0.769. The zero-order valence-electron chi connectivity index (χ0n) is 12.2. The molecule has 0 aliphatic carbocycles. The molecule has 4 rings (SSSR count). The quantitative estimate of drug-likeness (QED) is 0.898. The molecule has 2 aliphatic rings. The summed E-state index contributed by atoms with van der Waals surface area (Å²) >= 11 is 1.65. The van der Waals surface area contributed by atoms with Crippen LogP contribution in [0.1, 0.15) is 36.1 Å². The minimum atomic E-state index is 0.337. The lowest BCUT2D eigenvalue weighted by molar-refractivity contribution is 0.184. The smallest absolute Gasteiger partial charge is 0.234 e. The summed E-state index contributed by atoms with van der Waals surface area (Å²) in [5, 5.41) is 17.9. The Morgan fingerprint density at radius 2 is 2.19 bits per heavy atom. The Bertz CT molecular complexity index is 613. The van der Waals surface area contributed by atoms with Crippen molar-refractivity contribution in [1.29, 1.82) is 0 Å². The molecular weight excluding hydrogens is 288 g/mol. The first-order chi connectivity index (χ1) is 10.3. The van der Waals surface area contributed by atoms with Crippen LogP contribution < -0.4 is 5.32 Å². The highest BCUT2D eigenvalue weighted by Crippen LogP contribution is 2.29. The second kappa shape index (κ2) is 5.60. The van der Waals surface area contributed by atoms with Gasteiger partial charge in [-0.1, -0.05) is 11.3 Å². The molecule has 0 bridgehead atoms. The van der Waals surface area contributed by atoms with E-state index in [0.29, 0.717) is 12.0 Å². The monoisotopic (exact) mass is 308 g/mol. The fourth-order valence-electron chi connectivity index (χ4n) is 3.03. The number of rotatable bonds is 3. The molecule has 2 aliphatic heterocycles. The van der Waals surface area contributed by atoms with Crippen molar-refractivity contribution < 1.29 is 4.74 Å². The summed E-state index contributed by atoms with van der Waals surface area (Å²) in [5.74, 6) is 1.29. The highest BCUT2D eigenvalue weighted by atomic mass is 32.1. The van der Waals surface area contributed by atoms with E-state index in [4.69, 9.17) is 9.84 Å². The van der Waals surface area contributed by atoms with Gasteiger partial charge < -0.3 is 10.1 Å². The summed E-state index contributed by atoms with van der Waals surface area (Å²) in [6.45, 7) is 8.04. The Morgan fingerprint density at radius 3 is 2.95 bits per heavy atom. The average molecular weight is 308 g/mol. The molecule has 4 heterocycles. The molecule has 0 saturated carbocycles. The van der Waals surface area contributed by atoms with E-state index in [1.807, 2.05) is 4.52 Å². The minimum absolute atomic E-state index is 0.337. The van der Waals surface area contributed by atoms with Crippen molar-refractivity contribution in [2.24, 2.45) is 0 Å². The maximum atomic E-state index is 5.46. The van der Waals surface area contributed by atoms with Crippen LogP contribution in [0.25, 0.3) is 4.96 Å². The Kier molecular flexibility index (Phi) is 3.62. The molecule has 2 fully saturated rings. The van der Waals surface area contributed by atoms with E-state index in [9.17, 15) is 0 Å². The summed E-state index contributed by atoms with van der Waals surface area (Å²) in [5.41, 5.74) is 0. The molecule has 2 unspecified atom stereocenters. The van der Waals surface area contributed by atoms with Gasteiger partial charge in [-0.3, -0.25) is 4.90 Å². The second-order valence-corrected chi connectivity index (χ2v) is 6.70. The number of nitrogens with zero attached hydrogens (tertiary/aromatic N) is 5. The van der Waals surface area contributed by atoms with E-state index in [2.05, 4.69) is 27.3 Å². The number of hydrogen-bond acceptors (Lipinski definition) is 7. The van der Waals surface area contributed by atoms with Gasteiger partial charge in [0, 0.05) is 38.7 Å². The third kappa shape index (κ3) is 2.46. The lowest BCUT2D eigenvalue weighted by Gasteiger charge is -2.31. The standard InChI is InChI=1S/C13H20N6OS/c1-9(18-5-3-14-4-6-18)12-17-19-11(10-2-7-20-8-10)15-16-13(19)21-12/h9-10,14H,2-8H2,1H3. The van der Waals surface area contributed by atoms with E-state index >= 15 is 0 Å². The average Bonchev–Trinajstić information content (AvgIpc) is 3.23. The zero-order valence-corrected chi connectivity index (χ0v) is 13.0. The number of ether oxygens (including phenoxy) is 1. The van der Waals surface area contributed by atoms with Crippen LogP contribution in [0, 0.1) is 0 Å². The summed E-state index contributed by atoms with van der Waals surface area (Å²) in [7, 11) is 0. The van der Waals surface area contributed by atoms with Crippen LogP contribution in [-0.2, 0) is 4.74 Å². The van der Waals surface area contributed by atoms with Gasteiger partial charge in [0.25, 0.3) is 0 Å². The fourth-order valence-corrected chi connectivity index (χ4v) is 3.97. The van der Waals surface area contributed by atoms with Crippen LogP contribution in [0.15, 0.2) is 0 Å². The molecule has 0 spiro atoms. The van der Waals surface area contributed by atoms with E-state index < -0.39 is 0 Å². The van der Waals surface area contributed by atoms with Gasteiger partial charge in [-0.05, 0) is 13.3 Å². The normalized spacial score (nSPS) is 25.7. The third-order valence-corrected chi connectivity index (χ3v) is 5.45. The first kappa shape index (κ1) is 13.6. The Balaban J connectivity index is 1.61. The van der Waals surface area contributed by atoms with Crippen LogP contribution in [0.3, 0.4) is 0 Å². The third-order valence-electron chi connectivity index (χ3n) is 4.38. The van der Waals surface area contributed by atoms with Gasteiger partial charge in [0.15, 0.2) is 5.82 Å². The van der Waals surface area contributed by atoms with E-state index in [1.165, 1.54) is 0 Å². The lowest BCUT2D eigenvalue weighted by Crippen LogP contribution is -2.44. The lowest BCUT2D eigenvalue weighted by atomic mass is 10.1. The molecule has 2 aromatic heterocycles. The van der Waals surface area contributed by atoms with Crippen molar-refractivity contribution in [3.63, 3.8) is 0 Å². The van der Waals surface area contributed by atoms with Gasteiger partial charge >= 0.3 is 0 Å². The van der Waals surface area contributed by atoms with Gasteiger partial charge in [0.05, 0.1) is 12.6 Å². The Labute approximate surface area is 127 Å². The molecule has 114 valence electrons. The number of fused-ring (bicyclic) bond motifs is 1. The van der Waals surface area contributed by atoms with Crippen molar-refractivity contribution in [3.8, 4) is 0 Å². The van der Waals surface area contributed by atoms with E-state index in [1.54, 1.807) is 11.3 Å². The number of aromatic nitrogens is 4. The molecule has 2 atom stereocenters. The molecular formula is C13H20N6OS. The SMILES string of the molecule is CC(c1nn2c(C3CCOC3)nnc2s1)N1CCNCC1. The van der Waals surface area contributed by atoms with Crippen molar-refractivity contribution in [2.45, 2.75) is 25.3 Å². The predicted molar refractivity (Wildman–Crippen MR) is 79.7 cm³/mol. The van der Waals surface area contributed by atoms with Crippen molar-refractivity contribution in [2.75, 3.05) is 39.4 Å². The zero-order chi connectivity index (χ0) is 14.2. The first-order valence-corrected chi connectivity index (χ1v) is 8.39. The largest absolute Gasteiger partial charge is 0.381 e. The van der Waals surface area contributed by atoms with Crippen LogP contribution in [0.5, 0.6) is 0 Å². The number of hydrogen-bond donors (Lipinski definition) is 1. The maximum absolute atomic E-state index is 5.46. The second-order valence-electron chi connectivity index (χ2n) is 5.72. The summed E-state index contributed by atoms with van der Waals surface area (Å²) in [6.07, 6.45) is 1.01. The highest BCUT2D eigenvalue weighted by molar-refractivity contribution is 7.16. The van der Waals surface area contributed by atoms with Gasteiger partial charge in [0.1, 0.15) is 5.01 Å². The van der Waals surface area contributed by atoms with E-state index in [-0.39, 0.29) is 0 Å². The van der Waals surface area contributed by atoms with E-state index in [0.717, 1.165) is 61.6 Å². The predicted octanol–water partition coefficient (Wildman–Crippen LogP) is 0.656. The van der Waals surface area contributed by atoms with Crippen molar-refractivity contribution in [1.82, 2.24) is 30.0 Å². The summed E-state index contributed by atoms with van der Waals surface area (Å²) in [6, 6.07) is 0.339.